The standard InChI is InChI=1S/C21H24N4O4/c1-14-6-2-3-9-17(14)23-18(26)13-24-19-16(8-4-10-22-19)20(27)25(21(24)28)12-15-7-5-11-29-15/h2-3,5-7,9,11,16,19,22H,4,8,10,12-13H2,1H3,(H,23,26). The van der Waals surface area contributed by atoms with Crippen LogP contribution < -0.4 is 10.6 Å². The van der Waals surface area contributed by atoms with Crippen molar-refractivity contribution in [3.8, 4) is 0 Å². The lowest BCUT2D eigenvalue weighted by molar-refractivity contribution is -0.143. The molecule has 2 N–H and O–H groups in total. The number of hydrogen-bond donors (Lipinski definition) is 2. The van der Waals surface area contributed by atoms with E-state index < -0.39 is 12.2 Å². The normalized spacial score (nSPS) is 21.8. The highest BCUT2D eigenvalue weighted by Gasteiger charge is 2.47. The van der Waals surface area contributed by atoms with Crippen molar-refractivity contribution in [3.63, 3.8) is 0 Å². The van der Waals surface area contributed by atoms with Crippen LogP contribution in [0.3, 0.4) is 0 Å². The molecule has 2 aliphatic rings. The molecule has 152 valence electrons. The lowest BCUT2D eigenvalue weighted by atomic mass is 9.91. The fourth-order valence-corrected chi connectivity index (χ4v) is 3.95. The first-order valence-electron chi connectivity index (χ1n) is 9.78. The van der Waals surface area contributed by atoms with Crippen LogP contribution in [-0.2, 0) is 16.1 Å². The zero-order chi connectivity index (χ0) is 20.4. The molecular weight excluding hydrogens is 372 g/mol. The number of benzene rings is 1. The maximum Gasteiger partial charge on any atom is 0.328 e. The Hall–Kier alpha value is -3.13. The highest BCUT2D eigenvalue weighted by atomic mass is 16.3. The Morgan fingerprint density at radius 2 is 2.07 bits per heavy atom. The second-order valence-corrected chi connectivity index (χ2v) is 7.43. The smallest absolute Gasteiger partial charge is 0.328 e. The number of nitrogens with zero attached hydrogens (tertiary/aromatic N) is 2. The van der Waals surface area contributed by atoms with Crippen LogP contribution in [0.15, 0.2) is 47.1 Å². The summed E-state index contributed by atoms with van der Waals surface area (Å²) in [5.74, 6) is -0.369. The summed E-state index contributed by atoms with van der Waals surface area (Å²) in [5.41, 5.74) is 1.65. The van der Waals surface area contributed by atoms with Crippen molar-refractivity contribution in [1.29, 1.82) is 0 Å². The molecule has 4 amide bonds. The van der Waals surface area contributed by atoms with E-state index in [1.807, 2.05) is 31.2 Å². The van der Waals surface area contributed by atoms with E-state index in [-0.39, 0.29) is 30.8 Å². The van der Waals surface area contributed by atoms with Gasteiger partial charge in [-0.3, -0.25) is 24.7 Å². The minimum Gasteiger partial charge on any atom is -0.467 e. The van der Waals surface area contributed by atoms with Crippen molar-refractivity contribution >= 4 is 23.5 Å². The van der Waals surface area contributed by atoms with E-state index in [0.29, 0.717) is 24.4 Å². The first-order chi connectivity index (χ1) is 14.0. The molecule has 2 fully saturated rings. The second kappa shape index (κ2) is 8.08. The van der Waals surface area contributed by atoms with E-state index in [1.54, 1.807) is 12.1 Å². The monoisotopic (exact) mass is 396 g/mol. The third kappa shape index (κ3) is 3.88. The Morgan fingerprint density at radius 1 is 1.24 bits per heavy atom. The second-order valence-electron chi connectivity index (χ2n) is 7.43. The Labute approximate surface area is 168 Å². The van der Waals surface area contributed by atoms with Crippen LogP contribution in [0.5, 0.6) is 0 Å². The summed E-state index contributed by atoms with van der Waals surface area (Å²) in [5, 5.41) is 6.11. The maximum atomic E-state index is 13.1. The van der Waals surface area contributed by atoms with Gasteiger partial charge in [-0.25, -0.2) is 4.79 Å². The van der Waals surface area contributed by atoms with Crippen LogP contribution in [0, 0.1) is 12.8 Å². The molecule has 29 heavy (non-hydrogen) atoms. The lowest BCUT2D eigenvalue weighted by Crippen LogP contribution is -2.68. The number of amides is 4. The molecule has 2 unspecified atom stereocenters. The van der Waals surface area contributed by atoms with E-state index in [2.05, 4.69) is 10.6 Å². The van der Waals surface area contributed by atoms with Gasteiger partial charge in [-0.05, 0) is 50.1 Å². The predicted octanol–water partition coefficient (Wildman–Crippen LogP) is 2.32. The Balaban J connectivity index is 1.54. The van der Waals surface area contributed by atoms with Crippen LogP contribution in [0.25, 0.3) is 0 Å². The largest absolute Gasteiger partial charge is 0.467 e. The number of para-hydroxylation sites is 1. The summed E-state index contributed by atoms with van der Waals surface area (Å²) < 4.78 is 5.32. The number of nitrogens with one attached hydrogen (secondary N) is 2. The van der Waals surface area contributed by atoms with E-state index in [9.17, 15) is 14.4 Å². The van der Waals surface area contributed by atoms with Gasteiger partial charge in [0.25, 0.3) is 0 Å². The molecule has 0 aliphatic carbocycles. The van der Waals surface area contributed by atoms with Crippen molar-refractivity contribution in [2.24, 2.45) is 5.92 Å². The van der Waals surface area contributed by atoms with Gasteiger partial charge in [0.05, 0.1) is 24.9 Å². The number of carbonyl (C=O) groups excluding carboxylic acids is 3. The van der Waals surface area contributed by atoms with Gasteiger partial charge in [0.2, 0.25) is 11.8 Å². The number of fused-ring (bicyclic) bond motifs is 1. The number of imide groups is 1. The van der Waals surface area contributed by atoms with Crippen LogP contribution in [0.2, 0.25) is 0 Å². The number of anilines is 1. The van der Waals surface area contributed by atoms with E-state index in [0.717, 1.165) is 12.0 Å². The highest BCUT2D eigenvalue weighted by Crippen LogP contribution is 2.29. The quantitative estimate of drug-likeness (QED) is 0.809. The lowest BCUT2D eigenvalue weighted by Gasteiger charge is -2.46. The molecule has 1 aromatic heterocycles. The summed E-state index contributed by atoms with van der Waals surface area (Å²) in [6.45, 7) is 2.53. The number of urea groups is 1. The molecule has 2 aromatic rings. The predicted molar refractivity (Wildman–Crippen MR) is 106 cm³/mol. The molecule has 2 aliphatic heterocycles. The molecule has 0 radical (unpaired) electrons. The van der Waals surface area contributed by atoms with E-state index >= 15 is 0 Å². The SMILES string of the molecule is Cc1ccccc1NC(=O)CN1C(=O)N(Cc2ccco2)C(=O)C2CCCNC21. The molecule has 8 heteroatoms. The molecule has 0 bridgehead atoms. The van der Waals surface area contributed by atoms with Crippen molar-refractivity contribution in [2.45, 2.75) is 32.5 Å². The van der Waals surface area contributed by atoms with Crippen molar-refractivity contribution in [1.82, 2.24) is 15.1 Å². The molecule has 8 nitrogen and oxygen atoms in total. The van der Waals surface area contributed by atoms with E-state index in [4.69, 9.17) is 4.42 Å². The first kappa shape index (κ1) is 19.2. The zero-order valence-corrected chi connectivity index (χ0v) is 16.3. The molecular formula is C21H24N4O4. The fraction of sp³-hybridized carbons (Fsp3) is 0.381. The summed E-state index contributed by atoms with van der Waals surface area (Å²) in [7, 11) is 0. The van der Waals surface area contributed by atoms with Gasteiger partial charge in [0.1, 0.15) is 12.3 Å². The molecule has 1 aromatic carbocycles. The Bertz CT molecular complexity index is 911. The van der Waals surface area contributed by atoms with Crippen LogP contribution >= 0.6 is 0 Å². The zero-order valence-electron chi connectivity index (χ0n) is 16.3. The number of carbonyl (C=O) groups is 3. The van der Waals surface area contributed by atoms with Gasteiger partial charge in [-0.1, -0.05) is 18.2 Å². The van der Waals surface area contributed by atoms with Gasteiger partial charge < -0.3 is 9.73 Å². The fourth-order valence-electron chi connectivity index (χ4n) is 3.95. The van der Waals surface area contributed by atoms with Crippen molar-refractivity contribution in [2.75, 3.05) is 18.4 Å². The number of rotatable bonds is 5. The van der Waals surface area contributed by atoms with Crippen LogP contribution in [0.1, 0.15) is 24.2 Å². The minimum absolute atomic E-state index is 0.0593. The first-order valence-corrected chi connectivity index (χ1v) is 9.78. The summed E-state index contributed by atoms with van der Waals surface area (Å²) in [4.78, 5) is 41.5. The molecule has 0 saturated carbocycles. The topological polar surface area (TPSA) is 94.9 Å². The summed E-state index contributed by atoms with van der Waals surface area (Å²) in [6, 6.07) is 10.4. The van der Waals surface area contributed by atoms with E-state index in [1.165, 1.54) is 16.1 Å². The van der Waals surface area contributed by atoms with Gasteiger partial charge in [0, 0.05) is 5.69 Å². The average Bonchev–Trinajstić information content (AvgIpc) is 3.23. The maximum absolute atomic E-state index is 13.1. The average molecular weight is 396 g/mol. The van der Waals surface area contributed by atoms with Crippen LogP contribution in [-0.4, -0.2) is 46.9 Å². The third-order valence-corrected chi connectivity index (χ3v) is 5.45. The number of hydrogen-bond acceptors (Lipinski definition) is 5. The van der Waals surface area contributed by atoms with Crippen molar-refractivity contribution in [3.05, 3.63) is 54.0 Å². The highest BCUT2D eigenvalue weighted by molar-refractivity contribution is 6.01. The number of furan rings is 1. The Kier molecular flexibility index (Phi) is 5.35. The summed E-state index contributed by atoms with van der Waals surface area (Å²) >= 11 is 0. The number of aryl methyl sites for hydroxylation is 1. The third-order valence-electron chi connectivity index (χ3n) is 5.45. The minimum atomic E-state index is -0.484. The van der Waals surface area contributed by atoms with Gasteiger partial charge in [0.15, 0.2) is 0 Å². The molecule has 2 atom stereocenters. The number of piperidine rings is 1. The molecule has 3 heterocycles. The Morgan fingerprint density at radius 3 is 2.83 bits per heavy atom. The van der Waals surface area contributed by atoms with Gasteiger partial charge in [-0.2, -0.15) is 0 Å². The van der Waals surface area contributed by atoms with Crippen molar-refractivity contribution < 1.29 is 18.8 Å². The molecule has 4 rings (SSSR count). The molecule has 2 saturated heterocycles. The summed E-state index contributed by atoms with van der Waals surface area (Å²) in [6.07, 6.45) is 2.55. The molecule has 0 spiro atoms. The van der Waals surface area contributed by atoms with Gasteiger partial charge in [-0.15, -0.1) is 0 Å². The van der Waals surface area contributed by atoms with Crippen LogP contribution in [0.4, 0.5) is 10.5 Å². The van der Waals surface area contributed by atoms with Gasteiger partial charge >= 0.3 is 6.03 Å².